The second-order valence-corrected chi connectivity index (χ2v) is 7.58. The third-order valence-electron chi connectivity index (χ3n) is 4.41. The van der Waals surface area contributed by atoms with Crippen LogP contribution in [0.3, 0.4) is 0 Å². The molecule has 0 spiro atoms. The highest BCUT2D eigenvalue weighted by molar-refractivity contribution is 9.10. The number of carbonyl (C=O) groups excluding carboxylic acids is 3. The van der Waals surface area contributed by atoms with Gasteiger partial charge in [-0.25, -0.2) is 10.2 Å². The largest absolute Gasteiger partial charge is 0.496 e. The van der Waals surface area contributed by atoms with Crippen LogP contribution < -0.4 is 25.0 Å². The van der Waals surface area contributed by atoms with Gasteiger partial charge in [-0.1, -0.05) is 28.1 Å². The number of nitrogens with zero attached hydrogens (tertiary/aromatic N) is 1. The van der Waals surface area contributed by atoms with Crippen molar-refractivity contribution in [3.8, 4) is 17.2 Å². The highest BCUT2D eigenvalue weighted by Crippen LogP contribution is 2.29. The minimum atomic E-state index is -0.937. The lowest BCUT2D eigenvalue weighted by molar-refractivity contribution is -0.136. The summed E-state index contributed by atoms with van der Waals surface area (Å²) >= 11 is 3.29. The average Bonchev–Trinajstić information content (AvgIpc) is 2.85. The standard InChI is InChI=1S/C24H20BrN3O6/c1-32-19-6-4-3-5-18(19)24(31)34-20-12-7-15(13-21(20)33-2)14-26-28-23(30)22(29)27-17-10-8-16(25)9-11-17/h3-14H,1-2H3,(H,27,29)(H,28,30). The third-order valence-corrected chi connectivity index (χ3v) is 4.93. The number of ether oxygens (including phenoxy) is 3. The number of rotatable bonds is 7. The summed E-state index contributed by atoms with van der Waals surface area (Å²) in [6.07, 6.45) is 1.32. The molecular formula is C24H20BrN3O6. The van der Waals surface area contributed by atoms with Gasteiger partial charge in [0.25, 0.3) is 0 Å². The predicted octanol–water partition coefficient (Wildman–Crippen LogP) is 3.77. The number of halogens is 1. The van der Waals surface area contributed by atoms with Gasteiger partial charge in [-0.05, 0) is 60.2 Å². The first kappa shape index (κ1) is 24.5. The Morgan fingerprint density at radius 3 is 2.26 bits per heavy atom. The molecule has 3 aromatic rings. The molecule has 0 heterocycles. The van der Waals surface area contributed by atoms with Gasteiger partial charge in [0, 0.05) is 10.2 Å². The Kier molecular flexibility index (Phi) is 8.36. The van der Waals surface area contributed by atoms with Crippen LogP contribution in [0.5, 0.6) is 17.2 Å². The minimum absolute atomic E-state index is 0.188. The number of hydrazone groups is 1. The van der Waals surface area contributed by atoms with Crippen molar-refractivity contribution >= 4 is 45.6 Å². The fourth-order valence-electron chi connectivity index (χ4n) is 2.75. The zero-order valence-corrected chi connectivity index (χ0v) is 19.8. The van der Waals surface area contributed by atoms with E-state index in [2.05, 4.69) is 31.8 Å². The third kappa shape index (κ3) is 6.42. The van der Waals surface area contributed by atoms with E-state index in [1.807, 2.05) is 0 Å². The lowest BCUT2D eigenvalue weighted by Gasteiger charge is -2.11. The van der Waals surface area contributed by atoms with Crippen molar-refractivity contribution < 1.29 is 28.6 Å². The first-order valence-electron chi connectivity index (χ1n) is 9.84. The van der Waals surface area contributed by atoms with Gasteiger partial charge in [-0.3, -0.25) is 9.59 Å². The molecule has 0 unspecified atom stereocenters. The van der Waals surface area contributed by atoms with Crippen molar-refractivity contribution in [2.45, 2.75) is 0 Å². The predicted molar refractivity (Wildman–Crippen MR) is 129 cm³/mol. The zero-order valence-electron chi connectivity index (χ0n) is 18.2. The second kappa shape index (κ2) is 11.6. The number of carbonyl (C=O) groups is 3. The highest BCUT2D eigenvalue weighted by atomic mass is 79.9. The molecule has 10 heteroatoms. The molecular weight excluding hydrogens is 506 g/mol. The molecule has 0 saturated carbocycles. The molecule has 0 aliphatic heterocycles. The summed E-state index contributed by atoms with van der Waals surface area (Å²) in [6.45, 7) is 0. The molecule has 174 valence electrons. The fraction of sp³-hybridized carbons (Fsp3) is 0.0833. The summed E-state index contributed by atoms with van der Waals surface area (Å²) in [5.41, 5.74) is 3.41. The summed E-state index contributed by atoms with van der Waals surface area (Å²) in [5, 5.41) is 6.24. The molecule has 2 N–H and O–H groups in total. The molecule has 0 aliphatic rings. The fourth-order valence-corrected chi connectivity index (χ4v) is 3.02. The lowest BCUT2D eigenvalue weighted by atomic mass is 10.2. The smallest absolute Gasteiger partial charge is 0.347 e. The number of nitrogens with one attached hydrogen (secondary N) is 2. The van der Waals surface area contributed by atoms with Gasteiger partial charge in [0.2, 0.25) is 0 Å². The van der Waals surface area contributed by atoms with E-state index in [1.54, 1.807) is 60.7 Å². The molecule has 0 atom stereocenters. The molecule has 34 heavy (non-hydrogen) atoms. The van der Waals surface area contributed by atoms with Crippen molar-refractivity contribution in [2.75, 3.05) is 19.5 Å². The van der Waals surface area contributed by atoms with Gasteiger partial charge in [0.05, 0.1) is 20.4 Å². The van der Waals surface area contributed by atoms with Gasteiger partial charge in [-0.15, -0.1) is 0 Å². The van der Waals surface area contributed by atoms with Gasteiger partial charge < -0.3 is 19.5 Å². The van der Waals surface area contributed by atoms with Crippen molar-refractivity contribution in [1.82, 2.24) is 5.43 Å². The number of hydrogen-bond acceptors (Lipinski definition) is 7. The van der Waals surface area contributed by atoms with Crippen LogP contribution in [-0.2, 0) is 9.59 Å². The summed E-state index contributed by atoms with van der Waals surface area (Å²) in [7, 11) is 2.88. The van der Waals surface area contributed by atoms with Gasteiger partial charge in [-0.2, -0.15) is 5.10 Å². The van der Waals surface area contributed by atoms with E-state index < -0.39 is 17.8 Å². The number of methoxy groups -OCH3 is 2. The number of para-hydroxylation sites is 1. The van der Waals surface area contributed by atoms with Crippen LogP contribution in [0.15, 0.2) is 76.3 Å². The molecule has 9 nitrogen and oxygen atoms in total. The van der Waals surface area contributed by atoms with E-state index in [0.29, 0.717) is 17.0 Å². The van der Waals surface area contributed by atoms with Crippen molar-refractivity contribution in [3.05, 3.63) is 82.3 Å². The molecule has 0 aliphatic carbocycles. The van der Waals surface area contributed by atoms with Gasteiger partial charge >= 0.3 is 17.8 Å². The van der Waals surface area contributed by atoms with Crippen LogP contribution in [-0.4, -0.2) is 38.2 Å². The molecule has 2 amide bonds. The summed E-state index contributed by atoms with van der Waals surface area (Å²) in [6, 6.07) is 18.1. The van der Waals surface area contributed by atoms with E-state index in [1.165, 1.54) is 26.5 Å². The maximum Gasteiger partial charge on any atom is 0.347 e. The summed E-state index contributed by atoms with van der Waals surface area (Å²) < 4.78 is 16.8. The van der Waals surface area contributed by atoms with E-state index in [0.717, 1.165) is 4.47 Å². The Morgan fingerprint density at radius 1 is 0.853 bits per heavy atom. The van der Waals surface area contributed by atoms with Crippen LogP contribution in [0.4, 0.5) is 5.69 Å². The first-order chi connectivity index (χ1) is 16.4. The molecule has 0 aromatic heterocycles. The maximum atomic E-state index is 12.5. The number of amides is 2. The SMILES string of the molecule is COc1cc(C=NNC(=O)C(=O)Nc2ccc(Br)cc2)ccc1OC(=O)c1ccccc1OC. The molecule has 3 aromatic carbocycles. The Bertz CT molecular complexity index is 1230. The van der Waals surface area contributed by atoms with Crippen LogP contribution in [0, 0.1) is 0 Å². The normalized spacial score (nSPS) is 10.4. The molecule has 0 saturated heterocycles. The quantitative estimate of drug-likeness (QED) is 0.159. The van der Waals surface area contributed by atoms with Gasteiger partial charge in [0.1, 0.15) is 11.3 Å². The minimum Gasteiger partial charge on any atom is -0.496 e. The van der Waals surface area contributed by atoms with E-state index in [4.69, 9.17) is 14.2 Å². The van der Waals surface area contributed by atoms with Crippen LogP contribution in [0.25, 0.3) is 0 Å². The zero-order chi connectivity index (χ0) is 24.5. The van der Waals surface area contributed by atoms with E-state index >= 15 is 0 Å². The number of esters is 1. The Labute approximate surface area is 203 Å². The Hall–Kier alpha value is -4.18. The molecule has 0 bridgehead atoms. The molecule has 0 fully saturated rings. The Balaban J connectivity index is 1.62. The van der Waals surface area contributed by atoms with Crippen LogP contribution in [0.2, 0.25) is 0 Å². The summed E-state index contributed by atoms with van der Waals surface area (Å²) in [4.78, 5) is 36.4. The van der Waals surface area contributed by atoms with Crippen molar-refractivity contribution in [2.24, 2.45) is 5.10 Å². The van der Waals surface area contributed by atoms with E-state index in [-0.39, 0.29) is 17.1 Å². The summed E-state index contributed by atoms with van der Waals surface area (Å²) in [5.74, 6) is -1.57. The van der Waals surface area contributed by atoms with Crippen LogP contribution >= 0.6 is 15.9 Å². The average molecular weight is 526 g/mol. The van der Waals surface area contributed by atoms with Gasteiger partial charge in [0.15, 0.2) is 11.5 Å². The van der Waals surface area contributed by atoms with E-state index in [9.17, 15) is 14.4 Å². The molecule has 0 radical (unpaired) electrons. The topological polar surface area (TPSA) is 115 Å². The number of benzene rings is 3. The second-order valence-electron chi connectivity index (χ2n) is 6.66. The monoisotopic (exact) mass is 525 g/mol. The van der Waals surface area contributed by atoms with Crippen molar-refractivity contribution in [3.63, 3.8) is 0 Å². The first-order valence-corrected chi connectivity index (χ1v) is 10.6. The number of hydrogen-bond donors (Lipinski definition) is 2. The maximum absolute atomic E-state index is 12.5. The highest BCUT2D eigenvalue weighted by Gasteiger charge is 2.17. The molecule has 3 rings (SSSR count). The lowest BCUT2D eigenvalue weighted by Crippen LogP contribution is -2.32. The van der Waals surface area contributed by atoms with Crippen LogP contribution in [0.1, 0.15) is 15.9 Å². The Morgan fingerprint density at radius 2 is 1.56 bits per heavy atom. The number of anilines is 1. The van der Waals surface area contributed by atoms with Crippen molar-refractivity contribution in [1.29, 1.82) is 0 Å².